The summed E-state index contributed by atoms with van der Waals surface area (Å²) < 4.78 is 34.9. The lowest BCUT2D eigenvalue weighted by atomic mass is 10.4. The van der Waals surface area contributed by atoms with Gasteiger partial charge in [-0.05, 0) is 7.05 Å². The third-order valence-corrected chi connectivity index (χ3v) is 1.38. The van der Waals surface area contributed by atoms with Crippen molar-refractivity contribution in [2.24, 2.45) is 0 Å². The third kappa shape index (κ3) is 7.81. The fourth-order valence-electron chi connectivity index (χ4n) is 0.750. The SMILES string of the molecule is CN(CCO)CC(=O)NCC(F)(F)F. The number of aliphatic hydroxyl groups is 1. The maximum absolute atomic E-state index is 11.6. The van der Waals surface area contributed by atoms with Crippen LogP contribution in [-0.2, 0) is 4.79 Å². The molecular formula is C7H13F3N2O2. The van der Waals surface area contributed by atoms with Crippen molar-refractivity contribution >= 4 is 5.91 Å². The van der Waals surface area contributed by atoms with Crippen LogP contribution in [0.3, 0.4) is 0 Å². The normalized spacial score (nSPS) is 11.9. The van der Waals surface area contributed by atoms with Crippen molar-refractivity contribution < 1.29 is 23.1 Å². The van der Waals surface area contributed by atoms with Gasteiger partial charge in [0.25, 0.3) is 0 Å². The number of hydrogen-bond donors (Lipinski definition) is 2. The predicted molar refractivity (Wildman–Crippen MR) is 43.6 cm³/mol. The molecule has 0 aliphatic heterocycles. The molecule has 0 heterocycles. The Morgan fingerprint density at radius 1 is 1.50 bits per heavy atom. The van der Waals surface area contributed by atoms with Crippen LogP contribution in [0.2, 0.25) is 0 Å². The van der Waals surface area contributed by atoms with Crippen molar-refractivity contribution in [1.82, 2.24) is 10.2 Å². The van der Waals surface area contributed by atoms with E-state index in [0.717, 1.165) is 0 Å². The summed E-state index contributed by atoms with van der Waals surface area (Å²) in [5.74, 6) is -0.710. The zero-order chi connectivity index (χ0) is 11.2. The molecule has 2 N–H and O–H groups in total. The molecule has 0 aromatic carbocycles. The van der Waals surface area contributed by atoms with E-state index in [1.54, 1.807) is 5.32 Å². The van der Waals surface area contributed by atoms with E-state index in [2.05, 4.69) is 0 Å². The molecule has 0 saturated carbocycles. The van der Waals surface area contributed by atoms with E-state index in [-0.39, 0.29) is 19.7 Å². The minimum Gasteiger partial charge on any atom is -0.395 e. The summed E-state index contributed by atoms with van der Waals surface area (Å²) in [6.45, 7) is -1.36. The van der Waals surface area contributed by atoms with Crippen LogP contribution in [0.15, 0.2) is 0 Å². The lowest BCUT2D eigenvalue weighted by molar-refractivity contribution is -0.138. The monoisotopic (exact) mass is 214 g/mol. The Balaban J connectivity index is 3.65. The molecule has 14 heavy (non-hydrogen) atoms. The molecule has 0 rings (SSSR count). The van der Waals surface area contributed by atoms with Crippen molar-refractivity contribution in [3.05, 3.63) is 0 Å². The van der Waals surface area contributed by atoms with Gasteiger partial charge in [-0.2, -0.15) is 13.2 Å². The standard InChI is InChI=1S/C7H13F3N2O2/c1-12(2-3-13)4-6(14)11-5-7(8,9)10/h13H,2-5H2,1H3,(H,11,14). The number of carbonyl (C=O) groups excluding carboxylic acids is 1. The van der Waals surface area contributed by atoms with Gasteiger partial charge in [0.1, 0.15) is 6.54 Å². The van der Waals surface area contributed by atoms with Gasteiger partial charge in [0, 0.05) is 6.54 Å². The van der Waals surface area contributed by atoms with E-state index >= 15 is 0 Å². The van der Waals surface area contributed by atoms with Crippen LogP contribution in [0.4, 0.5) is 13.2 Å². The molecule has 4 nitrogen and oxygen atoms in total. The van der Waals surface area contributed by atoms with Gasteiger partial charge < -0.3 is 10.4 Å². The molecule has 0 radical (unpaired) electrons. The van der Waals surface area contributed by atoms with Crippen molar-refractivity contribution in [2.45, 2.75) is 6.18 Å². The van der Waals surface area contributed by atoms with Gasteiger partial charge in [-0.3, -0.25) is 9.69 Å². The summed E-state index contributed by atoms with van der Waals surface area (Å²) in [4.78, 5) is 12.3. The first-order chi connectivity index (χ1) is 6.35. The zero-order valence-electron chi connectivity index (χ0n) is 7.76. The average Bonchev–Trinajstić information content (AvgIpc) is 2.00. The first-order valence-corrected chi connectivity index (χ1v) is 3.98. The predicted octanol–water partition coefficient (Wildman–Crippen LogP) is -0.411. The molecule has 0 saturated heterocycles. The number of halogens is 3. The zero-order valence-corrected chi connectivity index (χ0v) is 7.76. The summed E-state index contributed by atoms with van der Waals surface area (Å²) in [7, 11) is 1.53. The highest BCUT2D eigenvalue weighted by molar-refractivity contribution is 5.77. The number of nitrogens with one attached hydrogen (secondary N) is 1. The minimum absolute atomic E-state index is 0.136. The van der Waals surface area contributed by atoms with E-state index in [1.807, 2.05) is 0 Å². The van der Waals surface area contributed by atoms with Crippen LogP contribution in [0.1, 0.15) is 0 Å². The Kier molecular flexibility index (Phi) is 5.47. The van der Waals surface area contributed by atoms with Gasteiger partial charge in [0.05, 0.1) is 13.2 Å². The number of alkyl halides is 3. The number of likely N-dealkylation sites (N-methyl/N-ethyl adjacent to an activating group) is 1. The number of nitrogens with zero attached hydrogens (tertiary/aromatic N) is 1. The van der Waals surface area contributed by atoms with E-state index in [0.29, 0.717) is 0 Å². The lowest BCUT2D eigenvalue weighted by Gasteiger charge is -2.15. The molecule has 0 aromatic heterocycles. The van der Waals surface area contributed by atoms with Crippen LogP contribution < -0.4 is 5.32 Å². The lowest BCUT2D eigenvalue weighted by Crippen LogP contribution is -2.40. The maximum atomic E-state index is 11.6. The number of amides is 1. The van der Waals surface area contributed by atoms with Gasteiger partial charge in [-0.1, -0.05) is 0 Å². The van der Waals surface area contributed by atoms with Crippen molar-refractivity contribution in [3.63, 3.8) is 0 Å². The fraction of sp³-hybridized carbons (Fsp3) is 0.857. The van der Waals surface area contributed by atoms with E-state index in [4.69, 9.17) is 5.11 Å². The molecule has 84 valence electrons. The number of rotatable bonds is 5. The van der Waals surface area contributed by atoms with Crippen LogP contribution in [0, 0.1) is 0 Å². The molecule has 7 heteroatoms. The highest BCUT2D eigenvalue weighted by Gasteiger charge is 2.27. The average molecular weight is 214 g/mol. The van der Waals surface area contributed by atoms with Crippen LogP contribution in [-0.4, -0.2) is 55.4 Å². The third-order valence-electron chi connectivity index (χ3n) is 1.38. The quantitative estimate of drug-likeness (QED) is 0.654. The number of aliphatic hydroxyl groups excluding tert-OH is 1. The van der Waals surface area contributed by atoms with Gasteiger partial charge in [-0.25, -0.2) is 0 Å². The molecule has 1 amide bonds. The molecule has 0 atom stereocenters. The fourth-order valence-corrected chi connectivity index (χ4v) is 0.750. The smallest absolute Gasteiger partial charge is 0.395 e. The molecule has 0 spiro atoms. The Hall–Kier alpha value is -0.820. The van der Waals surface area contributed by atoms with Gasteiger partial charge in [-0.15, -0.1) is 0 Å². The molecule has 0 bridgehead atoms. The van der Waals surface area contributed by atoms with Crippen LogP contribution in [0.25, 0.3) is 0 Å². The molecular weight excluding hydrogens is 201 g/mol. The molecule has 0 aliphatic rings. The van der Waals surface area contributed by atoms with Gasteiger partial charge in [0.15, 0.2) is 0 Å². The molecule has 0 fully saturated rings. The van der Waals surface area contributed by atoms with Gasteiger partial charge in [0.2, 0.25) is 5.91 Å². The maximum Gasteiger partial charge on any atom is 0.405 e. The van der Waals surface area contributed by atoms with E-state index in [9.17, 15) is 18.0 Å². The molecule has 0 aliphatic carbocycles. The summed E-state index contributed by atoms with van der Waals surface area (Å²) in [6, 6.07) is 0. The second kappa shape index (κ2) is 5.82. The first-order valence-electron chi connectivity index (χ1n) is 3.98. The van der Waals surface area contributed by atoms with E-state index < -0.39 is 18.6 Å². The number of hydrogen-bond acceptors (Lipinski definition) is 3. The minimum atomic E-state index is -4.38. The van der Waals surface area contributed by atoms with Crippen LogP contribution >= 0.6 is 0 Å². The highest BCUT2D eigenvalue weighted by Crippen LogP contribution is 2.11. The summed E-state index contributed by atoms with van der Waals surface area (Å²) in [5, 5.41) is 10.2. The Morgan fingerprint density at radius 2 is 2.07 bits per heavy atom. The van der Waals surface area contributed by atoms with E-state index in [1.165, 1.54) is 11.9 Å². The Morgan fingerprint density at radius 3 is 2.50 bits per heavy atom. The number of carbonyl (C=O) groups is 1. The van der Waals surface area contributed by atoms with Crippen molar-refractivity contribution in [2.75, 3.05) is 33.3 Å². The van der Waals surface area contributed by atoms with Gasteiger partial charge >= 0.3 is 6.18 Å². The summed E-state index contributed by atoms with van der Waals surface area (Å²) >= 11 is 0. The highest BCUT2D eigenvalue weighted by atomic mass is 19.4. The largest absolute Gasteiger partial charge is 0.405 e. The first kappa shape index (κ1) is 13.2. The molecule has 0 aromatic rings. The Labute approximate surface area is 79.7 Å². The summed E-state index contributed by atoms with van der Waals surface area (Å²) in [6.07, 6.45) is -4.38. The molecule has 0 unspecified atom stereocenters. The van der Waals surface area contributed by atoms with Crippen molar-refractivity contribution in [1.29, 1.82) is 0 Å². The van der Waals surface area contributed by atoms with Crippen LogP contribution in [0.5, 0.6) is 0 Å². The second-order valence-electron chi connectivity index (χ2n) is 2.85. The Bertz CT molecular complexity index is 184. The van der Waals surface area contributed by atoms with Crippen molar-refractivity contribution in [3.8, 4) is 0 Å². The summed E-state index contributed by atoms with van der Waals surface area (Å²) in [5.41, 5.74) is 0. The second-order valence-corrected chi connectivity index (χ2v) is 2.85. The topological polar surface area (TPSA) is 52.6 Å².